The molecule has 1 aromatic heterocycles. The van der Waals surface area contributed by atoms with E-state index < -0.39 is 10.0 Å². The quantitative estimate of drug-likeness (QED) is 0.170. The van der Waals surface area contributed by atoms with E-state index in [4.69, 9.17) is 9.97 Å². The summed E-state index contributed by atoms with van der Waals surface area (Å²) in [5.74, 6) is 2.36. The van der Waals surface area contributed by atoms with Crippen molar-refractivity contribution in [3.8, 4) is 0 Å². The molecule has 0 aliphatic heterocycles. The molecular weight excluding hydrogens is 581 g/mol. The van der Waals surface area contributed by atoms with Crippen LogP contribution in [0.3, 0.4) is 0 Å². The molecule has 1 aliphatic rings. The zero-order valence-corrected chi connectivity index (χ0v) is 27.1. The smallest absolute Gasteiger partial charge is 0.241 e. The van der Waals surface area contributed by atoms with Gasteiger partial charge in [0.15, 0.2) is 0 Å². The highest BCUT2D eigenvalue weighted by molar-refractivity contribution is 7.89. The summed E-state index contributed by atoms with van der Waals surface area (Å²) in [5, 5.41) is 6.24. The first-order chi connectivity index (χ1) is 21.8. The number of fused-ring (bicyclic) bond motifs is 2. The van der Waals surface area contributed by atoms with Crippen molar-refractivity contribution in [1.29, 1.82) is 0 Å². The third kappa shape index (κ3) is 7.05. The number of aromatic nitrogens is 2. The molecule has 234 valence electrons. The number of hydrogen-bond acceptors (Lipinski definition) is 7. The average molecular weight is 623 g/mol. The molecule has 1 aliphatic carbocycles. The highest BCUT2D eigenvalue weighted by atomic mass is 32.2. The number of hydrogen-bond donors (Lipinski definition) is 2. The lowest BCUT2D eigenvalue weighted by Gasteiger charge is -2.29. The Balaban J connectivity index is 1.06. The lowest BCUT2D eigenvalue weighted by molar-refractivity contribution is 0.284. The van der Waals surface area contributed by atoms with Crippen LogP contribution in [0.15, 0.2) is 95.9 Å². The summed E-state index contributed by atoms with van der Waals surface area (Å²) in [7, 11) is 2.37. The highest BCUT2D eigenvalue weighted by Crippen LogP contribution is 2.32. The van der Waals surface area contributed by atoms with Gasteiger partial charge in [0.05, 0.1) is 10.4 Å². The Kier molecular flexibility index (Phi) is 9.19. The zero-order chi connectivity index (χ0) is 31.4. The molecule has 0 spiro atoms. The van der Waals surface area contributed by atoms with Crippen molar-refractivity contribution in [2.24, 2.45) is 11.8 Å². The van der Waals surface area contributed by atoms with E-state index in [0.29, 0.717) is 29.2 Å². The summed E-state index contributed by atoms with van der Waals surface area (Å²) in [6, 6.07) is 29.9. The predicted molar refractivity (Wildman–Crippen MR) is 185 cm³/mol. The third-order valence-electron chi connectivity index (χ3n) is 8.91. The van der Waals surface area contributed by atoms with Gasteiger partial charge in [-0.15, -0.1) is 0 Å². The molecule has 0 amide bonds. The molecule has 0 saturated heterocycles. The van der Waals surface area contributed by atoms with E-state index in [0.717, 1.165) is 72.0 Å². The van der Waals surface area contributed by atoms with Crippen LogP contribution in [0.25, 0.3) is 21.7 Å². The van der Waals surface area contributed by atoms with Crippen LogP contribution in [0.1, 0.15) is 31.2 Å². The Hall–Kier alpha value is -4.21. The van der Waals surface area contributed by atoms with Gasteiger partial charge >= 0.3 is 0 Å². The summed E-state index contributed by atoms with van der Waals surface area (Å²) >= 11 is 0. The molecule has 1 heterocycles. The molecule has 5 aromatic rings. The van der Waals surface area contributed by atoms with Crippen molar-refractivity contribution >= 4 is 49.2 Å². The highest BCUT2D eigenvalue weighted by Gasteiger charge is 2.25. The lowest BCUT2D eigenvalue weighted by Crippen LogP contribution is -2.32. The normalized spacial score (nSPS) is 17.0. The monoisotopic (exact) mass is 622 g/mol. The van der Waals surface area contributed by atoms with Gasteiger partial charge in [-0.25, -0.2) is 18.1 Å². The average Bonchev–Trinajstić information content (AvgIpc) is 3.06. The largest absolute Gasteiger partial charge is 0.377 e. The third-order valence-corrected chi connectivity index (χ3v) is 10.4. The van der Waals surface area contributed by atoms with Crippen molar-refractivity contribution < 1.29 is 8.42 Å². The van der Waals surface area contributed by atoms with Gasteiger partial charge in [0.1, 0.15) is 5.82 Å². The second kappa shape index (κ2) is 13.4. The molecular formula is C36H42N6O2S. The second-order valence-corrected chi connectivity index (χ2v) is 14.1. The Morgan fingerprint density at radius 2 is 1.36 bits per heavy atom. The van der Waals surface area contributed by atoms with E-state index in [1.54, 1.807) is 6.07 Å². The van der Waals surface area contributed by atoms with E-state index in [9.17, 15) is 8.42 Å². The number of rotatable bonds is 11. The molecule has 2 N–H and O–H groups in total. The number of sulfonamides is 1. The molecule has 8 nitrogen and oxygen atoms in total. The van der Waals surface area contributed by atoms with Crippen LogP contribution in [-0.4, -0.2) is 52.6 Å². The van der Waals surface area contributed by atoms with Gasteiger partial charge in [-0.2, -0.15) is 4.98 Å². The summed E-state index contributed by atoms with van der Waals surface area (Å²) < 4.78 is 29.8. The summed E-state index contributed by atoms with van der Waals surface area (Å²) in [6.45, 7) is 2.01. The maximum absolute atomic E-state index is 13.4. The van der Waals surface area contributed by atoms with Gasteiger partial charge in [-0.05, 0) is 67.3 Å². The van der Waals surface area contributed by atoms with Gasteiger partial charge in [-0.1, -0.05) is 66.7 Å². The van der Waals surface area contributed by atoms with E-state index in [2.05, 4.69) is 52.3 Å². The van der Waals surface area contributed by atoms with Crippen LogP contribution in [-0.2, 0) is 16.6 Å². The Labute approximate surface area is 266 Å². The van der Waals surface area contributed by atoms with Crippen molar-refractivity contribution in [3.05, 3.63) is 96.6 Å². The summed E-state index contributed by atoms with van der Waals surface area (Å²) in [6.07, 6.45) is 4.04. The maximum Gasteiger partial charge on any atom is 0.241 e. The van der Waals surface area contributed by atoms with E-state index in [1.807, 2.05) is 73.6 Å². The molecule has 1 fully saturated rings. The fourth-order valence-electron chi connectivity index (χ4n) is 6.43. The molecule has 1 saturated carbocycles. The van der Waals surface area contributed by atoms with Gasteiger partial charge in [0, 0.05) is 62.6 Å². The number of para-hydroxylation sites is 1. The molecule has 0 bridgehead atoms. The SMILES string of the molecule is CN(C)c1cccc2c(S(=O)(=O)NC[C@H]3CC[C@H](CNc4nc(N(C)Cc5ccccc5)c5ccccc5n4)CC3)cccc12. The predicted octanol–water partition coefficient (Wildman–Crippen LogP) is 6.68. The Morgan fingerprint density at radius 1 is 0.711 bits per heavy atom. The van der Waals surface area contributed by atoms with Gasteiger partial charge in [0.25, 0.3) is 0 Å². The molecule has 0 radical (unpaired) electrons. The first-order valence-corrected chi connectivity index (χ1v) is 17.2. The first kappa shape index (κ1) is 30.8. The van der Waals surface area contributed by atoms with E-state index >= 15 is 0 Å². The fourth-order valence-corrected chi connectivity index (χ4v) is 7.77. The van der Waals surface area contributed by atoms with Crippen LogP contribution in [0.4, 0.5) is 17.5 Å². The second-order valence-electron chi connectivity index (χ2n) is 12.4. The number of benzene rings is 4. The fraction of sp³-hybridized carbons (Fsp3) is 0.333. The summed E-state index contributed by atoms with van der Waals surface area (Å²) in [4.78, 5) is 14.3. The van der Waals surface area contributed by atoms with E-state index in [-0.39, 0.29) is 0 Å². The van der Waals surface area contributed by atoms with Crippen molar-refractivity contribution in [1.82, 2.24) is 14.7 Å². The Morgan fingerprint density at radius 3 is 2.11 bits per heavy atom. The molecule has 0 atom stereocenters. The van der Waals surface area contributed by atoms with Crippen LogP contribution in [0, 0.1) is 11.8 Å². The Bertz CT molecular complexity index is 1870. The van der Waals surface area contributed by atoms with Crippen LogP contribution < -0.4 is 19.8 Å². The van der Waals surface area contributed by atoms with Gasteiger partial charge in [0.2, 0.25) is 16.0 Å². The van der Waals surface area contributed by atoms with Crippen LogP contribution in [0.2, 0.25) is 0 Å². The minimum absolute atomic E-state index is 0.318. The molecule has 6 rings (SSSR count). The van der Waals surface area contributed by atoms with Crippen molar-refractivity contribution in [2.45, 2.75) is 37.1 Å². The number of nitrogens with one attached hydrogen (secondary N) is 2. The molecule has 4 aromatic carbocycles. The maximum atomic E-state index is 13.4. The van der Waals surface area contributed by atoms with Crippen molar-refractivity contribution in [3.63, 3.8) is 0 Å². The van der Waals surface area contributed by atoms with Crippen LogP contribution in [0.5, 0.6) is 0 Å². The number of nitrogens with zero attached hydrogens (tertiary/aromatic N) is 4. The molecule has 0 unspecified atom stereocenters. The van der Waals surface area contributed by atoms with Gasteiger partial charge < -0.3 is 15.1 Å². The minimum Gasteiger partial charge on any atom is -0.377 e. The standard InChI is InChI=1S/C36H42N6O2S/c1-41(2)33-17-9-15-30-29(33)14-10-18-34(30)45(43,44)38-24-27-21-19-26(20-22-27)23-37-36-39-32-16-8-7-13-31(32)35(40-36)42(3)25-28-11-5-4-6-12-28/h4-18,26-27,38H,19-25H2,1-3H3,(H,37,39,40)/t26-,27-. The minimum atomic E-state index is -3.64. The van der Waals surface area contributed by atoms with Crippen LogP contribution >= 0.6 is 0 Å². The topological polar surface area (TPSA) is 90.5 Å². The first-order valence-electron chi connectivity index (χ1n) is 15.7. The van der Waals surface area contributed by atoms with Gasteiger partial charge in [-0.3, -0.25) is 0 Å². The number of anilines is 3. The lowest BCUT2D eigenvalue weighted by atomic mass is 9.82. The molecule has 9 heteroatoms. The molecule has 45 heavy (non-hydrogen) atoms. The summed E-state index contributed by atoms with van der Waals surface area (Å²) in [5.41, 5.74) is 3.15. The zero-order valence-electron chi connectivity index (χ0n) is 26.3. The van der Waals surface area contributed by atoms with Crippen molar-refractivity contribution in [2.75, 3.05) is 49.3 Å². The van der Waals surface area contributed by atoms with E-state index in [1.165, 1.54) is 5.56 Å².